The monoisotopic (exact) mass is 238 g/mol. The smallest absolute Gasteiger partial charge is 0.179 e. The largest absolute Gasteiger partial charge is 0.545 e. The molecule has 4 nitrogen and oxygen atoms in total. The zero-order valence-electron chi connectivity index (χ0n) is 6.23. The van der Waals surface area contributed by atoms with E-state index in [1.165, 1.54) is 7.11 Å². The number of rotatable bonds is 1. The van der Waals surface area contributed by atoms with Gasteiger partial charge in [-0.3, -0.25) is 0 Å². The number of halogens is 3. The molecule has 0 fully saturated rings. The quantitative estimate of drug-likeness (QED) is 0.612. The highest BCUT2D eigenvalue weighted by molar-refractivity contribution is 7.76. The summed E-state index contributed by atoms with van der Waals surface area (Å²) in [4.78, 5) is 0. The minimum absolute atomic E-state index is 0.962. The van der Waals surface area contributed by atoms with Gasteiger partial charge in [0.1, 0.15) is 0 Å². The third-order valence-electron chi connectivity index (χ3n) is 0.858. The summed E-state index contributed by atoms with van der Waals surface area (Å²) in [6.45, 7) is 0.962. The van der Waals surface area contributed by atoms with Gasteiger partial charge in [-0.1, -0.05) is 0 Å². The molecule has 0 aromatic rings. The molecule has 0 aromatic heterocycles. The predicted molar refractivity (Wildman–Crippen MR) is 44.3 cm³/mol. The Bertz CT molecular complexity index is 318. The van der Waals surface area contributed by atoms with Crippen molar-refractivity contribution in [3.05, 3.63) is 0 Å². The Kier molecular flexibility index (Phi) is 2.79. The highest BCUT2D eigenvalue weighted by Crippen LogP contribution is 2.74. The molecule has 2 unspecified atom stereocenters. The molecular weight excluding hydrogens is 232 g/mol. The molecule has 1 heterocycles. The molecule has 10 heteroatoms. The third-order valence-corrected chi connectivity index (χ3v) is 6.74. The highest BCUT2D eigenvalue weighted by atomic mass is 31.3. The van der Waals surface area contributed by atoms with E-state index in [-0.39, 0.29) is 0 Å². The zero-order valence-corrected chi connectivity index (χ0v) is 8.91. The van der Waals surface area contributed by atoms with Gasteiger partial charge in [0.05, 0.1) is 11.6 Å². The molecule has 0 saturated heterocycles. The molecule has 70 valence electrons. The summed E-state index contributed by atoms with van der Waals surface area (Å²) < 4.78 is 51.5. The van der Waals surface area contributed by atoms with Crippen molar-refractivity contribution in [1.82, 2.24) is 0 Å². The maximum Gasteiger partial charge on any atom is 0.545 e. The lowest BCUT2D eigenvalue weighted by Gasteiger charge is -2.02. The molecule has 0 aromatic carbocycles. The average molecular weight is 238 g/mol. The summed E-state index contributed by atoms with van der Waals surface area (Å²) >= 11 is 0. The van der Waals surface area contributed by atoms with Crippen molar-refractivity contribution in [2.45, 2.75) is 0 Å². The van der Waals surface area contributed by atoms with Crippen LogP contribution in [0.5, 0.6) is 0 Å². The molecular formula is C2H6F3N3OP3+. The molecule has 2 atom stereocenters. The molecule has 0 bridgehead atoms. The minimum Gasteiger partial charge on any atom is -0.179 e. The van der Waals surface area contributed by atoms with E-state index in [1.807, 2.05) is 0 Å². The van der Waals surface area contributed by atoms with Crippen molar-refractivity contribution in [3.63, 3.8) is 0 Å². The lowest BCUT2D eigenvalue weighted by molar-refractivity contribution is 0.469. The van der Waals surface area contributed by atoms with Crippen molar-refractivity contribution in [1.29, 1.82) is 0 Å². The van der Waals surface area contributed by atoms with E-state index in [2.05, 4.69) is 18.1 Å². The van der Waals surface area contributed by atoms with Crippen molar-refractivity contribution in [2.24, 2.45) is 13.5 Å². The second-order valence-corrected chi connectivity index (χ2v) is 7.52. The van der Waals surface area contributed by atoms with Crippen molar-refractivity contribution in [2.75, 3.05) is 13.8 Å². The van der Waals surface area contributed by atoms with Gasteiger partial charge in [-0.2, -0.15) is 4.20 Å². The molecule has 0 radical (unpaired) electrons. The first-order valence-electron chi connectivity index (χ1n) is 2.75. The van der Waals surface area contributed by atoms with Crippen LogP contribution in [0.3, 0.4) is 0 Å². The van der Waals surface area contributed by atoms with Crippen LogP contribution >= 0.6 is 23.4 Å². The summed E-state index contributed by atoms with van der Waals surface area (Å²) in [5, 5.41) is 0. The molecule has 0 N–H and O–H groups in total. The summed E-state index contributed by atoms with van der Waals surface area (Å²) in [5.41, 5.74) is 0. The van der Waals surface area contributed by atoms with E-state index < -0.39 is 23.4 Å². The summed E-state index contributed by atoms with van der Waals surface area (Å²) in [6, 6.07) is 0. The maximum absolute atomic E-state index is 13.0. The van der Waals surface area contributed by atoms with E-state index in [4.69, 9.17) is 0 Å². The number of hydrogen-bond donors (Lipinski definition) is 0. The van der Waals surface area contributed by atoms with Crippen LogP contribution in [0.15, 0.2) is 13.5 Å². The van der Waals surface area contributed by atoms with Crippen LogP contribution in [-0.2, 0) is 4.52 Å². The van der Waals surface area contributed by atoms with Gasteiger partial charge in [0.15, 0.2) is 0 Å². The molecule has 0 spiro atoms. The second kappa shape index (κ2) is 3.22. The fourth-order valence-corrected chi connectivity index (χ4v) is 5.96. The van der Waals surface area contributed by atoms with Crippen molar-refractivity contribution in [3.8, 4) is 0 Å². The van der Waals surface area contributed by atoms with E-state index in [0.29, 0.717) is 0 Å². The first-order chi connectivity index (χ1) is 5.35. The second-order valence-electron chi connectivity index (χ2n) is 1.97. The average Bonchev–Trinajstić information content (AvgIpc) is 1.80. The summed E-state index contributed by atoms with van der Waals surface area (Å²) in [6.07, 6.45) is 0. The van der Waals surface area contributed by atoms with Crippen LogP contribution in [0.25, 0.3) is 0 Å². The molecule has 12 heavy (non-hydrogen) atoms. The van der Waals surface area contributed by atoms with Gasteiger partial charge in [0, 0.05) is 11.2 Å². The molecule has 1 rings (SSSR count). The van der Waals surface area contributed by atoms with Crippen LogP contribution in [0.2, 0.25) is 0 Å². The Morgan fingerprint density at radius 3 is 2.33 bits per heavy atom. The first kappa shape index (κ1) is 10.4. The predicted octanol–water partition coefficient (Wildman–Crippen LogP) is 4.66. The SMILES string of the molecule is CO[P+]1=NP(F)(F)=NP(C)(F)=N1. The summed E-state index contributed by atoms with van der Waals surface area (Å²) in [7, 11) is -9.31. The fourth-order valence-electron chi connectivity index (χ4n) is 0.555. The number of nitrogens with zero attached hydrogens (tertiary/aromatic N) is 3. The molecule has 0 aliphatic carbocycles. The van der Waals surface area contributed by atoms with Crippen LogP contribution in [-0.4, -0.2) is 13.8 Å². The third kappa shape index (κ3) is 2.67. The lowest BCUT2D eigenvalue weighted by atomic mass is 11.8. The van der Waals surface area contributed by atoms with Crippen LogP contribution in [0, 0.1) is 0 Å². The van der Waals surface area contributed by atoms with E-state index >= 15 is 0 Å². The summed E-state index contributed by atoms with van der Waals surface area (Å²) in [5.74, 6) is 0. The van der Waals surface area contributed by atoms with E-state index in [1.54, 1.807) is 0 Å². The van der Waals surface area contributed by atoms with Gasteiger partial charge in [0.2, 0.25) is 0 Å². The first-order valence-corrected chi connectivity index (χ1v) is 7.42. The maximum atomic E-state index is 13.0. The molecule has 0 amide bonds. The van der Waals surface area contributed by atoms with Crippen molar-refractivity contribution >= 4 is 23.4 Å². The van der Waals surface area contributed by atoms with Gasteiger partial charge in [0.25, 0.3) is 7.52 Å². The Labute approximate surface area is 68.7 Å². The Hall–Kier alpha value is 0.310. The normalized spacial score (nSPS) is 36.2. The Balaban J connectivity index is 3.25. The lowest BCUT2D eigenvalue weighted by Crippen LogP contribution is -1.71. The van der Waals surface area contributed by atoms with Crippen LogP contribution in [0.4, 0.5) is 12.6 Å². The standard InChI is InChI=1S/C2H6F3N3OP3/c1-9-10-6-11(2,3)8-12(4,5)7-10/h1-2H3/q+1. The molecule has 0 saturated carbocycles. The zero-order chi connectivity index (χ0) is 9.41. The Morgan fingerprint density at radius 2 is 1.92 bits per heavy atom. The van der Waals surface area contributed by atoms with E-state index in [9.17, 15) is 12.6 Å². The van der Waals surface area contributed by atoms with Gasteiger partial charge >= 0.3 is 15.9 Å². The number of hydrogen-bond acceptors (Lipinski definition) is 4. The van der Waals surface area contributed by atoms with Gasteiger partial charge in [-0.15, -0.1) is 17.4 Å². The van der Waals surface area contributed by atoms with Gasteiger partial charge in [-0.25, -0.2) is 0 Å². The van der Waals surface area contributed by atoms with Crippen molar-refractivity contribution < 1.29 is 17.1 Å². The topological polar surface area (TPSA) is 46.3 Å². The molecule has 1 aliphatic heterocycles. The van der Waals surface area contributed by atoms with Gasteiger partial charge < -0.3 is 0 Å². The fraction of sp³-hybridized carbons (Fsp3) is 1.00. The van der Waals surface area contributed by atoms with Gasteiger partial charge in [-0.05, 0) is 0 Å². The molecule has 1 aliphatic rings. The van der Waals surface area contributed by atoms with E-state index in [0.717, 1.165) is 6.66 Å². The Morgan fingerprint density at radius 1 is 1.33 bits per heavy atom. The van der Waals surface area contributed by atoms with Crippen LogP contribution < -0.4 is 0 Å². The minimum atomic E-state index is -4.80. The van der Waals surface area contributed by atoms with Crippen LogP contribution in [0.1, 0.15) is 0 Å². The highest BCUT2D eigenvalue weighted by Gasteiger charge is 2.37.